The zero-order valence-electron chi connectivity index (χ0n) is 7.82. The first-order chi connectivity index (χ1) is 4.70. The summed E-state index contributed by atoms with van der Waals surface area (Å²) in [5.74, 6) is -1.06. The summed E-state index contributed by atoms with van der Waals surface area (Å²) in [6.45, 7) is 0. The van der Waals surface area contributed by atoms with Gasteiger partial charge in [-0.3, -0.25) is 0 Å². The molecule has 0 heterocycles. The van der Waals surface area contributed by atoms with E-state index in [1.54, 1.807) is 0 Å². The third kappa shape index (κ3) is 3.31. The molecule has 3 nitrogen and oxygen atoms in total. The first kappa shape index (κ1) is 11.1. The molecule has 1 aromatic carbocycles. The summed E-state index contributed by atoms with van der Waals surface area (Å²) in [7, 11) is 0. The number of benzene rings is 1. The molecule has 0 saturated carbocycles. The van der Waals surface area contributed by atoms with E-state index in [0.717, 1.165) is 0 Å². The van der Waals surface area contributed by atoms with E-state index in [-0.39, 0.29) is 63.0 Å². The summed E-state index contributed by atoms with van der Waals surface area (Å²) in [6, 6.07) is 5.52. The van der Waals surface area contributed by atoms with Crippen LogP contribution in [0.15, 0.2) is 24.3 Å². The minimum Gasteiger partial charge on any atom is -1.00 e. The van der Waals surface area contributed by atoms with Crippen LogP contribution in [0, 0.1) is 0 Å². The molecule has 0 unspecified atom stereocenters. The number of carboxylic acids is 1. The van der Waals surface area contributed by atoms with Crippen molar-refractivity contribution in [2.75, 3.05) is 0 Å². The van der Waals surface area contributed by atoms with Gasteiger partial charge in [0, 0.05) is 0 Å². The van der Waals surface area contributed by atoms with Crippen LogP contribution in [0.3, 0.4) is 0 Å². The van der Waals surface area contributed by atoms with Crippen molar-refractivity contribution >= 4 is 54.9 Å². The molecular weight excluding hydrogens is 269 g/mol. The second kappa shape index (κ2) is 4.84. The monoisotopic (exact) mass is 278 g/mol. The molecule has 0 radical (unpaired) electrons. The summed E-state index contributed by atoms with van der Waals surface area (Å²) in [6.07, 6.45) is 0. The Hall–Kier alpha value is 0.0614. The molecule has 0 bridgehead atoms. The molecular formula is C7H8BaO3. The van der Waals surface area contributed by atoms with E-state index in [9.17, 15) is 4.79 Å². The van der Waals surface area contributed by atoms with Gasteiger partial charge in [-0.15, -0.1) is 0 Å². The van der Waals surface area contributed by atoms with Crippen LogP contribution in [0.5, 0.6) is 5.75 Å². The van der Waals surface area contributed by atoms with Crippen LogP contribution in [0.4, 0.5) is 0 Å². The number of rotatable bonds is 1. The molecule has 4 heteroatoms. The maximum absolute atomic E-state index is 10.2. The van der Waals surface area contributed by atoms with Gasteiger partial charge in [-0.05, 0) is 18.2 Å². The van der Waals surface area contributed by atoms with Crippen molar-refractivity contribution in [1.82, 2.24) is 0 Å². The third-order valence-electron chi connectivity index (χ3n) is 1.09. The molecule has 1 aromatic rings. The first-order valence-electron chi connectivity index (χ1n) is 2.72. The van der Waals surface area contributed by atoms with Gasteiger partial charge >= 0.3 is 54.9 Å². The van der Waals surface area contributed by atoms with Crippen LogP contribution in [0.1, 0.15) is 13.2 Å². The van der Waals surface area contributed by atoms with Crippen LogP contribution in [0.25, 0.3) is 0 Å². The third-order valence-corrected chi connectivity index (χ3v) is 1.09. The predicted octanol–water partition coefficient (Wildman–Crippen LogP) is 0.935. The summed E-state index contributed by atoms with van der Waals surface area (Å²) >= 11 is 0. The number of phenolic OH excluding ortho intramolecular Hbond substituents is 1. The minimum atomic E-state index is -1.03. The zero-order chi connectivity index (χ0) is 7.56. The van der Waals surface area contributed by atoms with Gasteiger partial charge in [0.25, 0.3) is 0 Å². The fraction of sp³-hybridized carbons (Fsp3) is 0. The van der Waals surface area contributed by atoms with Crippen molar-refractivity contribution in [1.29, 1.82) is 0 Å². The summed E-state index contributed by atoms with van der Waals surface area (Å²) in [5.41, 5.74) is 0.0972. The Labute approximate surface area is 107 Å². The van der Waals surface area contributed by atoms with E-state index in [1.165, 1.54) is 24.3 Å². The first-order valence-corrected chi connectivity index (χ1v) is 2.72. The molecule has 11 heavy (non-hydrogen) atoms. The van der Waals surface area contributed by atoms with Gasteiger partial charge in [-0.2, -0.15) is 0 Å². The van der Waals surface area contributed by atoms with Crippen molar-refractivity contribution in [3.8, 4) is 5.75 Å². The Balaban J connectivity index is -0.000000333. The maximum atomic E-state index is 10.2. The van der Waals surface area contributed by atoms with E-state index in [2.05, 4.69) is 0 Å². The van der Waals surface area contributed by atoms with Crippen LogP contribution >= 0.6 is 0 Å². The van der Waals surface area contributed by atoms with Gasteiger partial charge in [0.1, 0.15) is 5.75 Å². The van der Waals surface area contributed by atoms with Crippen LogP contribution in [0.2, 0.25) is 0 Å². The van der Waals surface area contributed by atoms with Gasteiger partial charge in [0.05, 0.1) is 5.56 Å². The van der Waals surface area contributed by atoms with Crippen LogP contribution in [-0.4, -0.2) is 65.1 Å². The van der Waals surface area contributed by atoms with Gasteiger partial charge in [-0.1, -0.05) is 6.07 Å². The number of hydrogen-bond donors (Lipinski definition) is 2. The van der Waals surface area contributed by atoms with E-state index >= 15 is 0 Å². The summed E-state index contributed by atoms with van der Waals surface area (Å²) in [4.78, 5) is 10.2. The molecule has 56 valence electrons. The SMILES string of the molecule is O=C(O)c1cccc(O)c1.[Ba+2].[H-].[H-]. The van der Waals surface area contributed by atoms with E-state index in [4.69, 9.17) is 10.2 Å². The fourth-order valence-electron chi connectivity index (χ4n) is 0.639. The average Bonchev–Trinajstić information content (AvgIpc) is 1.88. The second-order valence-electron chi connectivity index (χ2n) is 1.86. The number of phenols is 1. The van der Waals surface area contributed by atoms with Gasteiger partial charge in [0.15, 0.2) is 0 Å². The second-order valence-corrected chi connectivity index (χ2v) is 1.86. The molecule has 0 saturated heterocycles. The van der Waals surface area contributed by atoms with Crippen LogP contribution < -0.4 is 0 Å². The molecule has 0 aliphatic heterocycles. The molecule has 0 aromatic heterocycles. The van der Waals surface area contributed by atoms with Crippen molar-refractivity contribution in [2.24, 2.45) is 0 Å². The number of carboxylic acid groups (broad SMARTS) is 1. The Morgan fingerprint density at radius 3 is 2.45 bits per heavy atom. The molecule has 0 fully saturated rings. The largest absolute Gasteiger partial charge is 2.00 e. The van der Waals surface area contributed by atoms with E-state index in [1.807, 2.05) is 0 Å². The number of hydrogen-bond acceptors (Lipinski definition) is 2. The summed E-state index contributed by atoms with van der Waals surface area (Å²) < 4.78 is 0. The Morgan fingerprint density at radius 1 is 1.45 bits per heavy atom. The minimum absolute atomic E-state index is 0. The topological polar surface area (TPSA) is 57.5 Å². The quantitative estimate of drug-likeness (QED) is 0.751. The average molecular weight is 277 g/mol. The predicted molar refractivity (Wildman–Crippen MR) is 43.0 cm³/mol. The molecule has 0 spiro atoms. The van der Waals surface area contributed by atoms with Gasteiger partial charge in [-0.25, -0.2) is 4.79 Å². The molecule has 0 aliphatic carbocycles. The Morgan fingerprint density at radius 2 is 2.09 bits per heavy atom. The summed E-state index contributed by atoms with van der Waals surface area (Å²) in [5, 5.41) is 17.2. The number of aromatic carboxylic acids is 1. The number of carbonyl (C=O) groups is 1. The molecule has 0 amide bonds. The number of aromatic hydroxyl groups is 1. The van der Waals surface area contributed by atoms with Crippen molar-refractivity contribution in [3.05, 3.63) is 29.8 Å². The molecule has 2 N–H and O–H groups in total. The van der Waals surface area contributed by atoms with Gasteiger partial charge in [0.2, 0.25) is 0 Å². The Kier molecular flexibility index (Phi) is 4.87. The smallest absolute Gasteiger partial charge is 1.00 e. The zero-order valence-corrected chi connectivity index (χ0v) is 10.3. The van der Waals surface area contributed by atoms with Crippen molar-refractivity contribution in [3.63, 3.8) is 0 Å². The molecule has 1 rings (SSSR count). The normalized spacial score (nSPS) is 8.36. The van der Waals surface area contributed by atoms with Gasteiger partial charge < -0.3 is 13.1 Å². The van der Waals surface area contributed by atoms with E-state index < -0.39 is 5.97 Å². The standard InChI is InChI=1S/C7H6O3.Ba.2H/c8-6-3-1-2-5(4-6)7(9)10;;;/h1-4,8H,(H,9,10);;;/q;+2;2*-1. The van der Waals surface area contributed by atoms with Crippen molar-refractivity contribution < 1.29 is 17.9 Å². The Bertz CT molecular complexity index is 268. The van der Waals surface area contributed by atoms with E-state index in [0.29, 0.717) is 0 Å². The maximum Gasteiger partial charge on any atom is 2.00 e. The van der Waals surface area contributed by atoms with Crippen molar-refractivity contribution in [2.45, 2.75) is 0 Å². The molecule has 0 atom stereocenters. The fourth-order valence-corrected chi connectivity index (χ4v) is 0.639. The van der Waals surface area contributed by atoms with Crippen LogP contribution in [-0.2, 0) is 0 Å². The molecule has 0 aliphatic rings.